The molecule has 1 atom stereocenters. The van der Waals surface area contributed by atoms with Crippen molar-refractivity contribution >= 4 is 5.91 Å². The molecule has 0 radical (unpaired) electrons. The second-order valence-corrected chi connectivity index (χ2v) is 4.63. The number of unbranched alkanes of at least 4 members (excludes halogenated alkanes) is 1. The van der Waals surface area contributed by atoms with Gasteiger partial charge in [-0.2, -0.15) is 5.10 Å². The fraction of sp³-hybridized carbons (Fsp3) is 0.692. The Labute approximate surface area is 109 Å². The second kappa shape index (κ2) is 7.16. The minimum absolute atomic E-state index is 0.0602. The molecule has 0 saturated heterocycles. The molecule has 0 aliphatic carbocycles. The van der Waals surface area contributed by atoms with Crippen molar-refractivity contribution in [2.45, 2.75) is 46.2 Å². The van der Waals surface area contributed by atoms with E-state index in [0.717, 1.165) is 30.6 Å². The number of nitrogens with one attached hydrogen (secondary N) is 2. The van der Waals surface area contributed by atoms with E-state index >= 15 is 0 Å². The quantitative estimate of drug-likeness (QED) is 0.715. The van der Waals surface area contributed by atoms with Gasteiger partial charge in [-0.05, 0) is 20.3 Å². The molecule has 2 N–H and O–H groups in total. The van der Waals surface area contributed by atoms with Crippen molar-refractivity contribution in [3.05, 3.63) is 17.5 Å². The van der Waals surface area contributed by atoms with E-state index in [4.69, 9.17) is 0 Å². The Morgan fingerprint density at radius 1 is 1.56 bits per heavy atom. The highest BCUT2D eigenvalue weighted by Gasteiger charge is 2.12. The molecular formula is C13H24N4O. The summed E-state index contributed by atoms with van der Waals surface area (Å²) in [5.41, 5.74) is 2.26. The van der Waals surface area contributed by atoms with Gasteiger partial charge in [0.25, 0.3) is 0 Å². The highest BCUT2D eigenvalue weighted by Crippen LogP contribution is 2.05. The summed E-state index contributed by atoms with van der Waals surface area (Å²) in [6, 6.07) is -0.179. The molecule has 5 nitrogen and oxygen atoms in total. The molecule has 1 aromatic rings. The van der Waals surface area contributed by atoms with Crippen LogP contribution >= 0.6 is 0 Å². The molecule has 1 amide bonds. The predicted molar refractivity (Wildman–Crippen MR) is 72.2 cm³/mol. The number of aryl methyl sites for hydroxylation is 1. The van der Waals surface area contributed by atoms with Crippen LogP contribution in [0.1, 0.15) is 37.9 Å². The van der Waals surface area contributed by atoms with Gasteiger partial charge < -0.3 is 10.6 Å². The number of amides is 1. The fourth-order valence-electron chi connectivity index (χ4n) is 1.61. The Morgan fingerprint density at radius 2 is 2.28 bits per heavy atom. The number of nitrogens with zero attached hydrogens (tertiary/aromatic N) is 2. The van der Waals surface area contributed by atoms with E-state index in [9.17, 15) is 4.79 Å². The van der Waals surface area contributed by atoms with Crippen LogP contribution < -0.4 is 10.6 Å². The van der Waals surface area contributed by atoms with Crippen molar-refractivity contribution in [1.82, 2.24) is 20.4 Å². The molecule has 0 aromatic carbocycles. The van der Waals surface area contributed by atoms with E-state index < -0.39 is 0 Å². The maximum Gasteiger partial charge on any atom is 0.236 e. The zero-order chi connectivity index (χ0) is 13.5. The van der Waals surface area contributed by atoms with Crippen molar-refractivity contribution in [3.63, 3.8) is 0 Å². The van der Waals surface area contributed by atoms with E-state index in [0.29, 0.717) is 6.54 Å². The standard InChI is InChI=1S/C13H24N4O/c1-5-6-7-14-13(18)10(2)15-8-12-9-16-17(4)11(12)3/h9-10,15H,5-8H2,1-4H3,(H,14,18). The molecule has 1 rings (SSSR count). The summed E-state index contributed by atoms with van der Waals surface area (Å²) in [7, 11) is 1.92. The van der Waals surface area contributed by atoms with Crippen LogP contribution in [-0.4, -0.2) is 28.3 Å². The van der Waals surface area contributed by atoms with Gasteiger partial charge in [-0.3, -0.25) is 9.48 Å². The first kappa shape index (κ1) is 14.7. The molecule has 0 aliphatic rings. The van der Waals surface area contributed by atoms with Crippen molar-refractivity contribution in [1.29, 1.82) is 0 Å². The molecular weight excluding hydrogens is 228 g/mol. The smallest absolute Gasteiger partial charge is 0.236 e. The minimum Gasteiger partial charge on any atom is -0.355 e. The van der Waals surface area contributed by atoms with E-state index in [1.165, 1.54) is 0 Å². The average Bonchev–Trinajstić information content (AvgIpc) is 2.67. The van der Waals surface area contributed by atoms with E-state index in [-0.39, 0.29) is 11.9 Å². The van der Waals surface area contributed by atoms with Crippen LogP contribution in [0.5, 0.6) is 0 Å². The zero-order valence-corrected chi connectivity index (χ0v) is 11.8. The minimum atomic E-state index is -0.179. The number of hydrogen-bond acceptors (Lipinski definition) is 3. The molecule has 1 heterocycles. The first-order valence-electron chi connectivity index (χ1n) is 6.54. The third-order valence-electron chi connectivity index (χ3n) is 3.16. The number of carbonyl (C=O) groups excluding carboxylic acids is 1. The molecule has 0 fully saturated rings. The van der Waals surface area contributed by atoms with E-state index in [1.54, 1.807) is 0 Å². The first-order chi connectivity index (χ1) is 8.56. The fourth-order valence-corrected chi connectivity index (χ4v) is 1.61. The van der Waals surface area contributed by atoms with Crippen LogP contribution in [0.15, 0.2) is 6.20 Å². The van der Waals surface area contributed by atoms with Crippen LogP contribution in [0, 0.1) is 6.92 Å². The van der Waals surface area contributed by atoms with Gasteiger partial charge in [0, 0.05) is 31.4 Å². The van der Waals surface area contributed by atoms with Gasteiger partial charge in [-0.15, -0.1) is 0 Å². The molecule has 5 heteroatoms. The summed E-state index contributed by atoms with van der Waals surface area (Å²) < 4.78 is 1.84. The van der Waals surface area contributed by atoms with Gasteiger partial charge in [0.15, 0.2) is 0 Å². The topological polar surface area (TPSA) is 59.0 Å². The van der Waals surface area contributed by atoms with Crippen molar-refractivity contribution < 1.29 is 4.79 Å². The lowest BCUT2D eigenvalue weighted by Crippen LogP contribution is -2.42. The summed E-state index contributed by atoms with van der Waals surface area (Å²) in [5, 5.41) is 10.3. The second-order valence-electron chi connectivity index (χ2n) is 4.63. The van der Waals surface area contributed by atoms with E-state index in [2.05, 4.69) is 22.7 Å². The Kier molecular flexibility index (Phi) is 5.85. The molecule has 0 bridgehead atoms. The molecule has 1 unspecified atom stereocenters. The van der Waals surface area contributed by atoms with Gasteiger partial charge >= 0.3 is 0 Å². The molecule has 1 aromatic heterocycles. The third-order valence-corrected chi connectivity index (χ3v) is 3.16. The van der Waals surface area contributed by atoms with Gasteiger partial charge in [0.2, 0.25) is 5.91 Å². The maximum absolute atomic E-state index is 11.7. The lowest BCUT2D eigenvalue weighted by molar-refractivity contribution is -0.122. The highest BCUT2D eigenvalue weighted by atomic mass is 16.2. The number of rotatable bonds is 7. The molecule has 0 spiro atoms. The summed E-state index contributed by atoms with van der Waals surface area (Å²) in [6.45, 7) is 7.44. The third kappa shape index (κ3) is 4.14. The van der Waals surface area contributed by atoms with Gasteiger partial charge in [0.05, 0.1) is 12.2 Å². The Balaban J connectivity index is 2.34. The molecule has 102 valence electrons. The summed E-state index contributed by atoms with van der Waals surface area (Å²) in [4.78, 5) is 11.7. The van der Waals surface area contributed by atoms with Crippen LogP contribution in [0.3, 0.4) is 0 Å². The SMILES string of the molecule is CCCCNC(=O)C(C)NCc1cnn(C)c1C. The average molecular weight is 252 g/mol. The normalized spacial score (nSPS) is 12.4. The molecule has 0 aliphatic heterocycles. The van der Waals surface area contributed by atoms with Gasteiger partial charge in [-0.1, -0.05) is 13.3 Å². The Morgan fingerprint density at radius 3 is 2.83 bits per heavy atom. The van der Waals surface area contributed by atoms with Gasteiger partial charge in [-0.25, -0.2) is 0 Å². The van der Waals surface area contributed by atoms with E-state index in [1.807, 2.05) is 31.8 Å². The lowest BCUT2D eigenvalue weighted by atomic mass is 10.2. The van der Waals surface area contributed by atoms with Crippen LogP contribution in [0.2, 0.25) is 0 Å². The van der Waals surface area contributed by atoms with Crippen LogP contribution in [0.25, 0.3) is 0 Å². The number of aromatic nitrogens is 2. The number of carbonyl (C=O) groups is 1. The van der Waals surface area contributed by atoms with Gasteiger partial charge in [0.1, 0.15) is 0 Å². The number of hydrogen-bond donors (Lipinski definition) is 2. The maximum atomic E-state index is 11.7. The zero-order valence-electron chi connectivity index (χ0n) is 11.8. The summed E-state index contributed by atoms with van der Waals surface area (Å²) >= 11 is 0. The molecule has 18 heavy (non-hydrogen) atoms. The van der Waals surface area contributed by atoms with Crippen molar-refractivity contribution in [3.8, 4) is 0 Å². The van der Waals surface area contributed by atoms with Crippen LogP contribution in [0.4, 0.5) is 0 Å². The summed E-state index contributed by atoms with van der Waals surface area (Å²) in [6.07, 6.45) is 3.96. The molecule has 0 saturated carbocycles. The predicted octanol–water partition coefficient (Wildman–Crippen LogP) is 1.12. The van der Waals surface area contributed by atoms with Crippen molar-refractivity contribution in [2.75, 3.05) is 6.54 Å². The van der Waals surface area contributed by atoms with Crippen molar-refractivity contribution in [2.24, 2.45) is 7.05 Å². The Bertz CT molecular complexity index is 386. The van der Waals surface area contributed by atoms with Crippen LogP contribution in [-0.2, 0) is 18.4 Å². The summed E-state index contributed by atoms with van der Waals surface area (Å²) in [5.74, 6) is 0.0602. The largest absolute Gasteiger partial charge is 0.355 e. The first-order valence-corrected chi connectivity index (χ1v) is 6.54. The lowest BCUT2D eigenvalue weighted by Gasteiger charge is -2.13. The highest BCUT2D eigenvalue weighted by molar-refractivity contribution is 5.81. The Hall–Kier alpha value is -1.36. The monoisotopic (exact) mass is 252 g/mol.